The van der Waals surface area contributed by atoms with Crippen LogP contribution in [0.2, 0.25) is 0 Å². The van der Waals surface area contributed by atoms with Crippen molar-refractivity contribution in [3.8, 4) is 0 Å². The van der Waals surface area contributed by atoms with E-state index in [-0.39, 0.29) is 6.61 Å². The minimum atomic E-state index is 0.252. The molecule has 0 unspecified atom stereocenters. The lowest BCUT2D eigenvalue weighted by Crippen LogP contribution is -1.91. The van der Waals surface area contributed by atoms with Crippen LogP contribution in [0.3, 0.4) is 0 Å². The molecule has 0 aliphatic heterocycles. The number of rotatable bonds is 3. The average Bonchev–Trinajstić information content (AvgIpc) is 2.61. The summed E-state index contributed by atoms with van der Waals surface area (Å²) in [4.78, 5) is 10.1. The summed E-state index contributed by atoms with van der Waals surface area (Å²) in [6.07, 6.45) is 1.73. The lowest BCUT2D eigenvalue weighted by Gasteiger charge is -2.02. The van der Waals surface area contributed by atoms with E-state index in [1.54, 1.807) is 6.20 Å². The van der Waals surface area contributed by atoms with Crippen molar-refractivity contribution in [3.63, 3.8) is 0 Å². The predicted octanol–water partition coefficient (Wildman–Crippen LogP) is 2.00. The Morgan fingerprint density at radius 1 is 1.57 bits per heavy atom. The highest BCUT2D eigenvalue weighted by Crippen LogP contribution is 2.22. The standard InChI is InChI=1S/C9H7BrN2O2/c10-8-1-6-3-11-12-9(6)7(2-8)4-14-5-13/h1-3,5H,4H2,(H,11,12). The zero-order chi connectivity index (χ0) is 9.97. The number of hydrogen-bond donors (Lipinski definition) is 1. The van der Waals surface area contributed by atoms with E-state index in [0.717, 1.165) is 20.9 Å². The Morgan fingerprint density at radius 2 is 2.43 bits per heavy atom. The van der Waals surface area contributed by atoms with Gasteiger partial charge in [-0.05, 0) is 12.1 Å². The smallest absolute Gasteiger partial charge is 0.293 e. The van der Waals surface area contributed by atoms with Crippen LogP contribution in [0.15, 0.2) is 22.8 Å². The molecule has 0 spiro atoms. The molecule has 0 amide bonds. The van der Waals surface area contributed by atoms with E-state index in [0.29, 0.717) is 6.47 Å². The number of nitrogens with one attached hydrogen (secondary N) is 1. The number of carbonyl (C=O) groups is 1. The summed E-state index contributed by atoms with van der Waals surface area (Å²) >= 11 is 3.37. The molecule has 0 atom stereocenters. The number of nitrogens with zero attached hydrogens (tertiary/aromatic N) is 1. The van der Waals surface area contributed by atoms with Crippen molar-refractivity contribution in [3.05, 3.63) is 28.4 Å². The van der Waals surface area contributed by atoms with Gasteiger partial charge in [0.15, 0.2) is 0 Å². The fraction of sp³-hybridized carbons (Fsp3) is 0.111. The maximum atomic E-state index is 10.1. The number of benzene rings is 1. The van der Waals surface area contributed by atoms with Gasteiger partial charge in [0.05, 0.1) is 11.7 Å². The van der Waals surface area contributed by atoms with Gasteiger partial charge in [-0.3, -0.25) is 9.89 Å². The Labute approximate surface area is 88.4 Å². The van der Waals surface area contributed by atoms with E-state index >= 15 is 0 Å². The van der Waals surface area contributed by atoms with Gasteiger partial charge in [0.1, 0.15) is 6.61 Å². The molecule has 1 heterocycles. The first-order valence-electron chi connectivity index (χ1n) is 3.98. The molecule has 0 bridgehead atoms. The molecule has 1 aromatic carbocycles. The van der Waals surface area contributed by atoms with Crippen molar-refractivity contribution < 1.29 is 9.53 Å². The van der Waals surface area contributed by atoms with Crippen molar-refractivity contribution in [1.82, 2.24) is 10.2 Å². The summed E-state index contributed by atoms with van der Waals surface area (Å²) in [6, 6.07) is 3.84. The number of hydrogen-bond acceptors (Lipinski definition) is 3. The summed E-state index contributed by atoms with van der Waals surface area (Å²) in [6.45, 7) is 0.685. The van der Waals surface area contributed by atoms with Crippen LogP contribution in [0, 0.1) is 0 Å². The second-order valence-electron chi connectivity index (χ2n) is 2.81. The van der Waals surface area contributed by atoms with Crippen LogP contribution < -0.4 is 0 Å². The zero-order valence-corrected chi connectivity index (χ0v) is 8.74. The average molecular weight is 255 g/mol. The number of carbonyl (C=O) groups excluding carboxylic acids is 1. The normalized spacial score (nSPS) is 10.4. The molecular formula is C9H7BrN2O2. The minimum Gasteiger partial charge on any atom is -0.463 e. The molecule has 2 aromatic rings. The van der Waals surface area contributed by atoms with E-state index in [9.17, 15) is 4.79 Å². The molecule has 1 N–H and O–H groups in total. The monoisotopic (exact) mass is 254 g/mol. The largest absolute Gasteiger partial charge is 0.463 e. The highest BCUT2D eigenvalue weighted by atomic mass is 79.9. The molecule has 1 aromatic heterocycles. The molecule has 0 fully saturated rings. The summed E-state index contributed by atoms with van der Waals surface area (Å²) < 4.78 is 5.64. The number of H-pyrrole nitrogens is 1. The fourth-order valence-corrected chi connectivity index (χ4v) is 1.85. The molecule has 72 valence electrons. The van der Waals surface area contributed by atoms with Crippen LogP contribution in [0.25, 0.3) is 10.9 Å². The Kier molecular flexibility index (Phi) is 2.49. The van der Waals surface area contributed by atoms with E-state index in [2.05, 4.69) is 26.1 Å². The summed E-state index contributed by atoms with van der Waals surface area (Å²) in [5.74, 6) is 0. The van der Waals surface area contributed by atoms with Crippen LogP contribution >= 0.6 is 15.9 Å². The van der Waals surface area contributed by atoms with Crippen LogP contribution in [0.4, 0.5) is 0 Å². The lowest BCUT2D eigenvalue weighted by molar-refractivity contribution is -0.129. The van der Waals surface area contributed by atoms with Crippen LogP contribution in [-0.4, -0.2) is 16.7 Å². The summed E-state index contributed by atoms with van der Waals surface area (Å²) in [7, 11) is 0. The third-order valence-corrected chi connectivity index (χ3v) is 2.36. The van der Waals surface area contributed by atoms with Gasteiger partial charge in [0, 0.05) is 15.4 Å². The highest BCUT2D eigenvalue weighted by molar-refractivity contribution is 9.10. The highest BCUT2D eigenvalue weighted by Gasteiger charge is 2.04. The van der Waals surface area contributed by atoms with Gasteiger partial charge in [-0.2, -0.15) is 5.10 Å². The molecule has 0 aliphatic rings. The lowest BCUT2D eigenvalue weighted by atomic mass is 10.1. The Bertz CT molecular complexity index is 467. The molecule has 5 heteroatoms. The first kappa shape index (κ1) is 9.21. The van der Waals surface area contributed by atoms with Gasteiger partial charge in [0.25, 0.3) is 6.47 Å². The van der Waals surface area contributed by atoms with Crippen molar-refractivity contribution in [2.75, 3.05) is 0 Å². The topological polar surface area (TPSA) is 55.0 Å². The van der Waals surface area contributed by atoms with Gasteiger partial charge >= 0.3 is 0 Å². The summed E-state index contributed by atoms with van der Waals surface area (Å²) in [5.41, 5.74) is 1.80. The minimum absolute atomic E-state index is 0.252. The molecule has 0 aliphatic carbocycles. The molecule has 14 heavy (non-hydrogen) atoms. The molecule has 0 saturated carbocycles. The van der Waals surface area contributed by atoms with Crippen molar-refractivity contribution in [1.29, 1.82) is 0 Å². The number of halogens is 1. The number of aromatic nitrogens is 2. The van der Waals surface area contributed by atoms with E-state index in [1.165, 1.54) is 0 Å². The molecular weight excluding hydrogens is 248 g/mol. The third-order valence-electron chi connectivity index (χ3n) is 1.90. The van der Waals surface area contributed by atoms with Crippen LogP contribution in [-0.2, 0) is 16.1 Å². The predicted molar refractivity (Wildman–Crippen MR) is 54.6 cm³/mol. The molecule has 0 saturated heterocycles. The first-order chi connectivity index (χ1) is 6.81. The maximum Gasteiger partial charge on any atom is 0.293 e. The Morgan fingerprint density at radius 3 is 3.21 bits per heavy atom. The van der Waals surface area contributed by atoms with Gasteiger partial charge in [-0.15, -0.1) is 0 Å². The van der Waals surface area contributed by atoms with Gasteiger partial charge in [-0.1, -0.05) is 15.9 Å². The first-order valence-corrected chi connectivity index (χ1v) is 4.77. The van der Waals surface area contributed by atoms with E-state index in [1.807, 2.05) is 12.1 Å². The van der Waals surface area contributed by atoms with Crippen molar-refractivity contribution >= 4 is 33.3 Å². The quantitative estimate of drug-likeness (QED) is 0.853. The van der Waals surface area contributed by atoms with Gasteiger partial charge < -0.3 is 4.74 Å². The number of fused-ring (bicyclic) bond motifs is 1. The molecule has 0 radical (unpaired) electrons. The van der Waals surface area contributed by atoms with Crippen LogP contribution in [0.1, 0.15) is 5.56 Å². The van der Waals surface area contributed by atoms with Gasteiger partial charge in [0.2, 0.25) is 0 Å². The zero-order valence-electron chi connectivity index (χ0n) is 7.16. The second-order valence-corrected chi connectivity index (χ2v) is 3.72. The van der Waals surface area contributed by atoms with Crippen LogP contribution in [0.5, 0.6) is 0 Å². The molecule has 2 rings (SSSR count). The van der Waals surface area contributed by atoms with E-state index < -0.39 is 0 Å². The Hall–Kier alpha value is -1.36. The Balaban J connectivity index is 2.49. The SMILES string of the molecule is O=COCc1cc(Br)cc2cn[nH]c12. The van der Waals surface area contributed by atoms with Crippen molar-refractivity contribution in [2.24, 2.45) is 0 Å². The molecule has 4 nitrogen and oxygen atoms in total. The fourth-order valence-electron chi connectivity index (χ4n) is 1.33. The van der Waals surface area contributed by atoms with Gasteiger partial charge in [-0.25, -0.2) is 0 Å². The summed E-state index contributed by atoms with van der Waals surface area (Å²) in [5, 5.41) is 7.77. The van der Waals surface area contributed by atoms with E-state index in [4.69, 9.17) is 4.74 Å². The second kappa shape index (κ2) is 3.79. The van der Waals surface area contributed by atoms with Crippen molar-refractivity contribution in [2.45, 2.75) is 6.61 Å². The number of ether oxygens (including phenoxy) is 1. The maximum absolute atomic E-state index is 10.1. The third kappa shape index (κ3) is 1.63. The number of aromatic amines is 1.